The van der Waals surface area contributed by atoms with Crippen molar-refractivity contribution < 1.29 is 0 Å². The van der Waals surface area contributed by atoms with Gasteiger partial charge in [-0.25, -0.2) is 0 Å². The van der Waals surface area contributed by atoms with E-state index in [0.29, 0.717) is 11.5 Å². The molecule has 1 nitrogen and oxygen atoms in total. The van der Waals surface area contributed by atoms with Crippen LogP contribution in [0, 0.1) is 17.3 Å². The van der Waals surface area contributed by atoms with E-state index in [1.807, 2.05) is 6.92 Å². The predicted molar refractivity (Wildman–Crippen MR) is 64.2 cm³/mol. The van der Waals surface area contributed by atoms with Crippen molar-refractivity contribution in [2.24, 2.45) is 5.41 Å². The topological polar surface area (TPSA) is 12.0 Å². The summed E-state index contributed by atoms with van der Waals surface area (Å²) in [6.45, 7) is 12.1. The van der Waals surface area contributed by atoms with Crippen molar-refractivity contribution >= 4 is 0 Å². The molecule has 0 saturated heterocycles. The molecule has 0 aromatic carbocycles. The van der Waals surface area contributed by atoms with Crippen molar-refractivity contribution in [1.29, 1.82) is 0 Å². The van der Waals surface area contributed by atoms with Crippen LogP contribution in [0.4, 0.5) is 0 Å². The molecule has 1 N–H and O–H groups in total. The highest BCUT2D eigenvalue weighted by atomic mass is 14.9. The highest BCUT2D eigenvalue weighted by molar-refractivity contribution is 4.96. The van der Waals surface area contributed by atoms with E-state index in [-0.39, 0.29) is 0 Å². The second kappa shape index (κ2) is 6.90. The molecule has 1 atom stereocenters. The van der Waals surface area contributed by atoms with Crippen LogP contribution in [-0.4, -0.2) is 12.6 Å². The van der Waals surface area contributed by atoms with Crippen LogP contribution in [-0.2, 0) is 0 Å². The molecule has 0 spiro atoms. The summed E-state index contributed by atoms with van der Waals surface area (Å²) in [6.07, 6.45) is 3.37. The van der Waals surface area contributed by atoms with Gasteiger partial charge in [0.25, 0.3) is 0 Å². The van der Waals surface area contributed by atoms with Gasteiger partial charge in [0.1, 0.15) is 0 Å². The summed E-state index contributed by atoms with van der Waals surface area (Å²) in [5.41, 5.74) is 0.338. The van der Waals surface area contributed by atoms with Crippen LogP contribution in [0.5, 0.6) is 0 Å². The Labute approximate surface area is 89.7 Å². The van der Waals surface area contributed by atoms with Crippen LogP contribution in [0.2, 0.25) is 0 Å². The number of hydrogen-bond donors (Lipinski definition) is 1. The summed E-state index contributed by atoms with van der Waals surface area (Å²) in [5.74, 6) is 6.09. The molecule has 0 aliphatic carbocycles. The molecule has 0 aliphatic rings. The molecule has 1 unspecified atom stereocenters. The Kier molecular flexibility index (Phi) is 6.66. The van der Waals surface area contributed by atoms with Gasteiger partial charge in [-0.3, -0.25) is 0 Å². The highest BCUT2D eigenvalue weighted by Gasteiger charge is 2.22. The lowest BCUT2D eigenvalue weighted by atomic mass is 9.84. The number of hydrogen-bond acceptors (Lipinski definition) is 1. The van der Waals surface area contributed by atoms with Crippen molar-refractivity contribution in [2.45, 2.75) is 59.9 Å². The molecular weight excluding hydrogens is 170 g/mol. The van der Waals surface area contributed by atoms with Gasteiger partial charge in [0.05, 0.1) is 0 Å². The van der Waals surface area contributed by atoms with Gasteiger partial charge < -0.3 is 5.32 Å². The third-order valence-electron chi connectivity index (χ3n) is 2.42. The standard InChI is InChI=1S/C13H25N/c1-6-8-9-10-12(13(3,4)5)14-11-7-2/h12,14H,7,9-11H2,1-5H3. The minimum Gasteiger partial charge on any atom is -0.313 e. The van der Waals surface area contributed by atoms with Gasteiger partial charge in [-0.15, -0.1) is 11.8 Å². The Morgan fingerprint density at radius 2 is 1.93 bits per heavy atom. The van der Waals surface area contributed by atoms with E-state index in [1.165, 1.54) is 6.42 Å². The van der Waals surface area contributed by atoms with Gasteiger partial charge in [-0.05, 0) is 31.7 Å². The van der Waals surface area contributed by atoms with E-state index in [0.717, 1.165) is 19.4 Å². The first-order chi connectivity index (χ1) is 6.52. The molecule has 0 saturated carbocycles. The van der Waals surface area contributed by atoms with Crippen molar-refractivity contribution in [3.8, 4) is 11.8 Å². The molecule has 82 valence electrons. The highest BCUT2D eigenvalue weighted by Crippen LogP contribution is 2.22. The van der Waals surface area contributed by atoms with Gasteiger partial charge >= 0.3 is 0 Å². The molecule has 0 fully saturated rings. The Morgan fingerprint density at radius 1 is 1.29 bits per heavy atom. The second-order valence-electron chi connectivity index (χ2n) is 4.84. The van der Waals surface area contributed by atoms with Gasteiger partial charge in [0.2, 0.25) is 0 Å². The number of nitrogens with one attached hydrogen (secondary N) is 1. The Hall–Kier alpha value is -0.480. The van der Waals surface area contributed by atoms with E-state index >= 15 is 0 Å². The number of rotatable bonds is 5. The Morgan fingerprint density at radius 3 is 2.36 bits per heavy atom. The maximum Gasteiger partial charge on any atom is 0.0125 e. The maximum absolute atomic E-state index is 3.60. The SMILES string of the molecule is CC#CCCC(NCCC)C(C)(C)C. The predicted octanol–water partition coefficient (Wildman–Crippen LogP) is 3.20. The first-order valence-corrected chi connectivity index (χ1v) is 5.65. The van der Waals surface area contributed by atoms with Crippen molar-refractivity contribution in [1.82, 2.24) is 5.32 Å². The summed E-state index contributed by atoms with van der Waals surface area (Å²) in [5, 5.41) is 3.60. The molecule has 0 aromatic rings. The fraction of sp³-hybridized carbons (Fsp3) is 0.846. The van der Waals surface area contributed by atoms with Crippen molar-refractivity contribution in [3.63, 3.8) is 0 Å². The molecule has 1 heteroatoms. The first kappa shape index (κ1) is 13.5. The average Bonchev–Trinajstić information content (AvgIpc) is 2.09. The zero-order valence-electron chi connectivity index (χ0n) is 10.4. The van der Waals surface area contributed by atoms with Crippen LogP contribution in [0.3, 0.4) is 0 Å². The summed E-state index contributed by atoms with van der Waals surface area (Å²) in [4.78, 5) is 0. The van der Waals surface area contributed by atoms with E-state index in [2.05, 4.69) is 44.9 Å². The lowest BCUT2D eigenvalue weighted by molar-refractivity contribution is 0.257. The molecule has 0 bridgehead atoms. The summed E-state index contributed by atoms with van der Waals surface area (Å²) in [7, 11) is 0. The van der Waals surface area contributed by atoms with Crippen LogP contribution >= 0.6 is 0 Å². The Balaban J connectivity index is 4.02. The first-order valence-electron chi connectivity index (χ1n) is 5.65. The minimum absolute atomic E-state index is 0.338. The van der Waals surface area contributed by atoms with E-state index in [9.17, 15) is 0 Å². The van der Waals surface area contributed by atoms with Crippen LogP contribution in [0.25, 0.3) is 0 Å². The lowest BCUT2D eigenvalue weighted by Crippen LogP contribution is -2.40. The molecule has 0 aromatic heterocycles. The smallest absolute Gasteiger partial charge is 0.0125 e. The maximum atomic E-state index is 3.60. The minimum atomic E-state index is 0.338. The molecule has 0 aliphatic heterocycles. The molecule has 0 radical (unpaired) electrons. The average molecular weight is 195 g/mol. The third-order valence-corrected chi connectivity index (χ3v) is 2.42. The monoisotopic (exact) mass is 195 g/mol. The Bertz CT molecular complexity index is 190. The van der Waals surface area contributed by atoms with Crippen LogP contribution in [0.1, 0.15) is 53.9 Å². The zero-order valence-corrected chi connectivity index (χ0v) is 10.4. The summed E-state index contributed by atoms with van der Waals surface area (Å²) >= 11 is 0. The zero-order chi connectivity index (χ0) is 11.0. The van der Waals surface area contributed by atoms with Crippen LogP contribution < -0.4 is 5.32 Å². The molecule has 0 amide bonds. The lowest BCUT2D eigenvalue weighted by Gasteiger charge is -2.31. The van der Waals surface area contributed by atoms with Gasteiger partial charge in [-0.2, -0.15) is 0 Å². The van der Waals surface area contributed by atoms with Crippen LogP contribution in [0.15, 0.2) is 0 Å². The van der Waals surface area contributed by atoms with Crippen molar-refractivity contribution in [3.05, 3.63) is 0 Å². The summed E-state index contributed by atoms with van der Waals surface area (Å²) in [6, 6.07) is 0.586. The van der Waals surface area contributed by atoms with Crippen molar-refractivity contribution in [2.75, 3.05) is 6.54 Å². The van der Waals surface area contributed by atoms with Gasteiger partial charge in [-0.1, -0.05) is 27.7 Å². The van der Waals surface area contributed by atoms with Gasteiger partial charge in [0.15, 0.2) is 0 Å². The fourth-order valence-electron chi connectivity index (χ4n) is 1.50. The second-order valence-corrected chi connectivity index (χ2v) is 4.84. The molecule has 14 heavy (non-hydrogen) atoms. The summed E-state index contributed by atoms with van der Waals surface area (Å²) < 4.78 is 0. The normalized spacial score (nSPS) is 13.2. The molecular formula is C13H25N. The molecule has 0 heterocycles. The third kappa shape index (κ3) is 6.05. The van der Waals surface area contributed by atoms with Gasteiger partial charge in [0, 0.05) is 12.5 Å². The fourth-order valence-corrected chi connectivity index (χ4v) is 1.50. The van der Waals surface area contributed by atoms with E-state index in [4.69, 9.17) is 0 Å². The largest absolute Gasteiger partial charge is 0.313 e. The quantitative estimate of drug-likeness (QED) is 0.664. The van der Waals surface area contributed by atoms with E-state index in [1.54, 1.807) is 0 Å². The molecule has 0 rings (SSSR count). The van der Waals surface area contributed by atoms with E-state index < -0.39 is 0 Å².